The van der Waals surface area contributed by atoms with Crippen LogP contribution in [-0.2, 0) is 0 Å². The molecule has 1 N–H and O–H groups in total. The van der Waals surface area contributed by atoms with E-state index in [1.165, 1.54) is 6.92 Å². The van der Waals surface area contributed by atoms with Crippen molar-refractivity contribution in [3.63, 3.8) is 0 Å². The maximum absolute atomic E-state index is 12.3. The lowest BCUT2D eigenvalue weighted by molar-refractivity contribution is 0.101. The summed E-state index contributed by atoms with van der Waals surface area (Å²) in [6, 6.07) is 21.5. The molecule has 3 aromatic rings. The van der Waals surface area contributed by atoms with E-state index in [1.807, 2.05) is 31.2 Å². The van der Waals surface area contributed by atoms with Gasteiger partial charge in [0.05, 0.1) is 0 Å². The number of amides is 1. The number of benzene rings is 3. The highest BCUT2D eigenvalue weighted by molar-refractivity contribution is 6.04. The molecule has 0 bridgehead atoms. The van der Waals surface area contributed by atoms with Gasteiger partial charge in [-0.15, -0.1) is 0 Å². The van der Waals surface area contributed by atoms with E-state index in [4.69, 9.17) is 4.74 Å². The van der Waals surface area contributed by atoms with Crippen LogP contribution in [-0.4, -0.2) is 11.7 Å². The molecule has 0 aromatic heterocycles. The van der Waals surface area contributed by atoms with Crippen molar-refractivity contribution in [1.82, 2.24) is 0 Å². The molecule has 3 aromatic carbocycles. The molecule has 0 atom stereocenters. The van der Waals surface area contributed by atoms with Crippen LogP contribution in [0.2, 0.25) is 0 Å². The number of anilines is 1. The van der Waals surface area contributed by atoms with E-state index in [0.717, 1.165) is 11.3 Å². The number of carbonyl (C=O) groups excluding carboxylic acids is 2. The minimum absolute atomic E-state index is 0.00734. The number of nitrogens with one attached hydrogen (secondary N) is 1. The number of ketones is 1. The highest BCUT2D eigenvalue weighted by atomic mass is 16.5. The van der Waals surface area contributed by atoms with Crippen molar-refractivity contribution in [2.45, 2.75) is 13.8 Å². The van der Waals surface area contributed by atoms with E-state index in [-0.39, 0.29) is 11.7 Å². The number of hydrogen-bond acceptors (Lipinski definition) is 3. The summed E-state index contributed by atoms with van der Waals surface area (Å²) in [5, 5.41) is 2.81. The summed E-state index contributed by atoms with van der Waals surface area (Å²) in [5.74, 6) is 1.19. The average Bonchev–Trinajstić information content (AvgIpc) is 2.63. The Hall–Kier alpha value is -3.40. The van der Waals surface area contributed by atoms with Crippen molar-refractivity contribution in [1.29, 1.82) is 0 Å². The minimum Gasteiger partial charge on any atom is -0.457 e. The van der Waals surface area contributed by atoms with Crippen molar-refractivity contribution in [3.8, 4) is 11.5 Å². The summed E-state index contributed by atoms with van der Waals surface area (Å²) >= 11 is 0. The van der Waals surface area contributed by atoms with Gasteiger partial charge in [-0.2, -0.15) is 0 Å². The molecule has 3 rings (SSSR count). The van der Waals surface area contributed by atoms with Gasteiger partial charge < -0.3 is 10.1 Å². The van der Waals surface area contributed by atoms with E-state index in [2.05, 4.69) is 5.32 Å². The van der Waals surface area contributed by atoms with Crippen LogP contribution in [0.5, 0.6) is 11.5 Å². The highest BCUT2D eigenvalue weighted by Crippen LogP contribution is 2.22. The van der Waals surface area contributed by atoms with Gasteiger partial charge in [-0.3, -0.25) is 9.59 Å². The molecule has 1 amide bonds. The molecule has 4 heteroatoms. The molecule has 4 nitrogen and oxygen atoms in total. The summed E-state index contributed by atoms with van der Waals surface area (Å²) in [6.45, 7) is 3.51. The monoisotopic (exact) mass is 345 g/mol. The molecule has 0 spiro atoms. The first-order valence-electron chi connectivity index (χ1n) is 8.28. The maximum Gasteiger partial charge on any atom is 0.255 e. The Morgan fingerprint density at radius 3 is 2.08 bits per heavy atom. The zero-order valence-electron chi connectivity index (χ0n) is 14.7. The summed E-state index contributed by atoms with van der Waals surface area (Å²) < 4.78 is 5.78. The number of hydrogen-bond donors (Lipinski definition) is 1. The summed E-state index contributed by atoms with van der Waals surface area (Å²) in [6.07, 6.45) is 0. The van der Waals surface area contributed by atoms with Crippen molar-refractivity contribution >= 4 is 17.4 Å². The Bertz CT molecular complexity index is 928. The lowest BCUT2D eigenvalue weighted by Gasteiger charge is -2.08. The van der Waals surface area contributed by atoms with Crippen LogP contribution in [0, 0.1) is 6.92 Å². The molecule has 0 saturated heterocycles. The molecule has 26 heavy (non-hydrogen) atoms. The van der Waals surface area contributed by atoms with Gasteiger partial charge in [0.15, 0.2) is 5.78 Å². The average molecular weight is 345 g/mol. The van der Waals surface area contributed by atoms with Gasteiger partial charge in [-0.25, -0.2) is 0 Å². The molecule has 0 aliphatic carbocycles. The van der Waals surface area contributed by atoms with Crippen LogP contribution >= 0.6 is 0 Å². The van der Waals surface area contributed by atoms with Crippen molar-refractivity contribution in [3.05, 3.63) is 89.5 Å². The Labute approximate surface area is 152 Å². The zero-order chi connectivity index (χ0) is 18.5. The van der Waals surface area contributed by atoms with Crippen molar-refractivity contribution < 1.29 is 14.3 Å². The SMILES string of the molecule is CC(=O)c1ccc(NC(=O)c2ccc(Oc3cccc(C)c3)cc2)cc1. The second kappa shape index (κ2) is 7.66. The van der Waals surface area contributed by atoms with Gasteiger partial charge in [0.25, 0.3) is 5.91 Å². The van der Waals surface area contributed by atoms with Crippen LogP contribution in [0.3, 0.4) is 0 Å². The normalized spacial score (nSPS) is 10.2. The topological polar surface area (TPSA) is 55.4 Å². The van der Waals surface area contributed by atoms with Gasteiger partial charge in [-0.1, -0.05) is 12.1 Å². The van der Waals surface area contributed by atoms with Gasteiger partial charge in [0.2, 0.25) is 0 Å². The molecule has 0 heterocycles. The molecule has 0 unspecified atom stereocenters. The van der Waals surface area contributed by atoms with E-state index in [9.17, 15) is 9.59 Å². The zero-order valence-corrected chi connectivity index (χ0v) is 14.7. The largest absolute Gasteiger partial charge is 0.457 e. The number of ether oxygens (including phenoxy) is 1. The Kier molecular flexibility index (Phi) is 5.13. The fourth-order valence-corrected chi connectivity index (χ4v) is 2.48. The molecule has 0 saturated carbocycles. The highest BCUT2D eigenvalue weighted by Gasteiger charge is 2.07. The smallest absolute Gasteiger partial charge is 0.255 e. The molecule has 0 aliphatic rings. The molecular weight excluding hydrogens is 326 g/mol. The lowest BCUT2D eigenvalue weighted by Crippen LogP contribution is -2.11. The Morgan fingerprint density at radius 2 is 1.46 bits per heavy atom. The third-order valence-electron chi connectivity index (χ3n) is 3.89. The van der Waals surface area contributed by atoms with Gasteiger partial charge in [0.1, 0.15) is 11.5 Å². The van der Waals surface area contributed by atoms with Gasteiger partial charge in [0, 0.05) is 16.8 Å². The van der Waals surface area contributed by atoms with Gasteiger partial charge >= 0.3 is 0 Å². The lowest BCUT2D eigenvalue weighted by atomic mass is 10.1. The second-order valence-corrected chi connectivity index (χ2v) is 6.03. The van der Waals surface area contributed by atoms with Crippen molar-refractivity contribution in [2.24, 2.45) is 0 Å². The first-order valence-corrected chi connectivity index (χ1v) is 8.28. The predicted octanol–water partition coefficient (Wildman–Crippen LogP) is 5.24. The number of aryl methyl sites for hydroxylation is 1. The molecule has 0 radical (unpaired) electrons. The molecule has 130 valence electrons. The number of carbonyl (C=O) groups is 2. The van der Waals surface area contributed by atoms with Crippen LogP contribution in [0.1, 0.15) is 33.2 Å². The third kappa shape index (κ3) is 4.36. The van der Waals surface area contributed by atoms with E-state index < -0.39 is 0 Å². The predicted molar refractivity (Wildman–Crippen MR) is 102 cm³/mol. The Balaban J connectivity index is 1.65. The molecular formula is C22H19NO3. The number of Topliss-reactive ketones (excluding diaryl/α,β-unsaturated/α-hetero) is 1. The fraction of sp³-hybridized carbons (Fsp3) is 0.0909. The van der Waals surface area contributed by atoms with Crippen molar-refractivity contribution in [2.75, 3.05) is 5.32 Å². The Morgan fingerprint density at radius 1 is 0.808 bits per heavy atom. The first-order chi connectivity index (χ1) is 12.5. The van der Waals surface area contributed by atoms with Crippen LogP contribution in [0.4, 0.5) is 5.69 Å². The van der Waals surface area contributed by atoms with Crippen LogP contribution < -0.4 is 10.1 Å². The summed E-state index contributed by atoms with van der Waals surface area (Å²) in [7, 11) is 0. The fourth-order valence-electron chi connectivity index (χ4n) is 2.48. The molecule has 0 fully saturated rings. The standard InChI is InChI=1S/C22H19NO3/c1-15-4-3-5-21(14-15)26-20-12-8-18(9-13-20)22(25)23-19-10-6-17(7-11-19)16(2)24/h3-14H,1-2H3,(H,23,25). The minimum atomic E-state index is -0.220. The molecule has 0 aliphatic heterocycles. The van der Waals surface area contributed by atoms with E-state index in [1.54, 1.807) is 48.5 Å². The first kappa shape index (κ1) is 17.4. The van der Waals surface area contributed by atoms with Crippen LogP contribution in [0.15, 0.2) is 72.8 Å². The number of rotatable bonds is 5. The van der Waals surface area contributed by atoms with Crippen LogP contribution in [0.25, 0.3) is 0 Å². The summed E-state index contributed by atoms with van der Waals surface area (Å²) in [4.78, 5) is 23.6. The van der Waals surface area contributed by atoms with Gasteiger partial charge in [-0.05, 0) is 80.1 Å². The third-order valence-corrected chi connectivity index (χ3v) is 3.89. The summed E-state index contributed by atoms with van der Waals surface area (Å²) in [5.41, 5.74) is 2.90. The quantitative estimate of drug-likeness (QED) is 0.643. The van der Waals surface area contributed by atoms with E-state index in [0.29, 0.717) is 22.6 Å². The second-order valence-electron chi connectivity index (χ2n) is 6.03. The maximum atomic E-state index is 12.3. The van der Waals surface area contributed by atoms with E-state index >= 15 is 0 Å².